The van der Waals surface area contributed by atoms with Crippen LogP contribution in [0.5, 0.6) is 11.5 Å². The van der Waals surface area contributed by atoms with Crippen LogP contribution in [-0.4, -0.2) is 25.2 Å². The summed E-state index contributed by atoms with van der Waals surface area (Å²) in [5, 5.41) is 3.27. The average Bonchev–Trinajstić information content (AvgIpc) is 2.85. The van der Waals surface area contributed by atoms with Crippen molar-refractivity contribution in [1.29, 1.82) is 0 Å². The van der Waals surface area contributed by atoms with Crippen molar-refractivity contribution in [3.05, 3.63) is 52.8 Å². The van der Waals surface area contributed by atoms with Gasteiger partial charge in [0, 0.05) is 18.2 Å². The Kier molecular flexibility index (Phi) is 6.87. The fourth-order valence-electron chi connectivity index (χ4n) is 3.35. The van der Waals surface area contributed by atoms with E-state index in [2.05, 4.69) is 10.3 Å². The first kappa shape index (κ1) is 21.0. The molecule has 0 aromatic heterocycles. The summed E-state index contributed by atoms with van der Waals surface area (Å²) >= 11 is 5.86. The second-order valence-electron chi connectivity index (χ2n) is 6.85. The number of rotatable bonds is 3. The first-order valence-corrected chi connectivity index (χ1v) is 9.41. The van der Waals surface area contributed by atoms with Crippen LogP contribution in [0.3, 0.4) is 0 Å². The molecular formula is C20H22ClFIN3O2. The van der Waals surface area contributed by atoms with Crippen molar-refractivity contribution in [2.75, 3.05) is 18.5 Å². The lowest BCUT2D eigenvalue weighted by molar-refractivity contribution is 0.297. The van der Waals surface area contributed by atoms with E-state index < -0.39 is 5.82 Å². The molecule has 5 nitrogen and oxygen atoms in total. The fraction of sp³-hybridized carbons (Fsp3) is 0.350. The Balaban J connectivity index is 0.00000225. The Hall–Kier alpha value is -1.74. The molecule has 0 atom stereocenters. The zero-order valence-corrected chi connectivity index (χ0v) is 18.2. The fourth-order valence-corrected chi connectivity index (χ4v) is 3.54. The Morgan fingerprint density at radius 1 is 1.11 bits per heavy atom. The lowest BCUT2D eigenvalue weighted by Gasteiger charge is -2.33. The lowest BCUT2D eigenvalue weighted by atomic mass is 9.76. The van der Waals surface area contributed by atoms with Gasteiger partial charge in [-0.15, -0.1) is 24.0 Å². The third-order valence-corrected chi connectivity index (χ3v) is 5.16. The van der Waals surface area contributed by atoms with Gasteiger partial charge in [-0.1, -0.05) is 17.7 Å². The molecule has 2 aromatic rings. The topological polar surface area (TPSA) is 68.9 Å². The molecule has 2 aromatic carbocycles. The Morgan fingerprint density at radius 2 is 1.86 bits per heavy atom. The van der Waals surface area contributed by atoms with Crippen molar-refractivity contribution in [2.45, 2.75) is 31.2 Å². The quantitative estimate of drug-likeness (QED) is 0.344. The van der Waals surface area contributed by atoms with Crippen LogP contribution in [0.25, 0.3) is 0 Å². The van der Waals surface area contributed by atoms with Crippen LogP contribution < -0.4 is 20.5 Å². The van der Waals surface area contributed by atoms with E-state index in [-0.39, 0.29) is 35.0 Å². The number of nitrogens with one attached hydrogen (secondary N) is 1. The van der Waals surface area contributed by atoms with Gasteiger partial charge in [0.15, 0.2) is 17.5 Å². The summed E-state index contributed by atoms with van der Waals surface area (Å²) < 4.78 is 24.6. The highest BCUT2D eigenvalue weighted by Gasteiger charge is 2.30. The molecule has 1 aliphatic heterocycles. The number of fused-ring (bicyclic) bond motifs is 1. The van der Waals surface area contributed by atoms with Crippen LogP contribution in [0.15, 0.2) is 41.4 Å². The predicted octanol–water partition coefficient (Wildman–Crippen LogP) is 4.93. The minimum atomic E-state index is -0.391. The first-order chi connectivity index (χ1) is 13.1. The SMILES string of the molecule is I.NC(=NC1CC(c2ccc(F)c(Cl)c2)C1)Nc1ccc2c(c1)OCCCO2. The minimum Gasteiger partial charge on any atom is -0.490 e. The highest BCUT2D eigenvalue weighted by Crippen LogP contribution is 2.40. The molecular weight excluding hydrogens is 496 g/mol. The number of halogens is 3. The van der Waals surface area contributed by atoms with Gasteiger partial charge in [-0.2, -0.15) is 0 Å². The van der Waals surface area contributed by atoms with Crippen LogP contribution in [0.4, 0.5) is 10.1 Å². The maximum atomic E-state index is 13.3. The summed E-state index contributed by atoms with van der Waals surface area (Å²) in [6, 6.07) is 10.7. The third kappa shape index (κ3) is 4.81. The van der Waals surface area contributed by atoms with Gasteiger partial charge >= 0.3 is 0 Å². The van der Waals surface area contributed by atoms with E-state index in [1.165, 1.54) is 6.07 Å². The van der Waals surface area contributed by atoms with Crippen molar-refractivity contribution in [2.24, 2.45) is 10.7 Å². The molecule has 0 amide bonds. The molecule has 3 N–H and O–H groups in total. The standard InChI is InChI=1S/C20H21ClFN3O2.HI/c21-16-10-12(2-4-17(16)22)13-8-15(9-13)25-20(23)24-14-3-5-18-19(11-14)27-7-1-6-26-18;/h2-5,10-11,13,15H,1,6-9H2,(H3,23,24,25);1H. The summed E-state index contributed by atoms with van der Waals surface area (Å²) in [5.74, 6) is 1.77. The zero-order chi connectivity index (χ0) is 18.8. The van der Waals surface area contributed by atoms with E-state index in [4.69, 9.17) is 26.8 Å². The molecule has 0 radical (unpaired) electrons. The molecule has 1 saturated carbocycles. The number of guanidine groups is 1. The summed E-state index contributed by atoms with van der Waals surface area (Å²) in [6.07, 6.45) is 2.60. The molecule has 0 unspecified atom stereocenters. The van der Waals surface area contributed by atoms with Gasteiger partial charge < -0.3 is 20.5 Å². The van der Waals surface area contributed by atoms with E-state index in [1.807, 2.05) is 18.2 Å². The van der Waals surface area contributed by atoms with Gasteiger partial charge in [-0.25, -0.2) is 9.38 Å². The summed E-state index contributed by atoms with van der Waals surface area (Å²) in [5.41, 5.74) is 7.90. The molecule has 150 valence electrons. The van der Waals surface area contributed by atoms with Crippen molar-refractivity contribution in [1.82, 2.24) is 0 Å². The van der Waals surface area contributed by atoms with Gasteiger partial charge in [0.1, 0.15) is 5.82 Å². The maximum Gasteiger partial charge on any atom is 0.193 e. The van der Waals surface area contributed by atoms with Crippen LogP contribution in [0, 0.1) is 5.82 Å². The molecule has 1 aliphatic carbocycles. The molecule has 4 rings (SSSR count). The normalized spacial score (nSPS) is 21.1. The molecule has 0 spiro atoms. The first-order valence-electron chi connectivity index (χ1n) is 9.03. The Labute approximate surface area is 185 Å². The Morgan fingerprint density at radius 3 is 2.61 bits per heavy atom. The van der Waals surface area contributed by atoms with E-state index in [0.717, 1.165) is 36.3 Å². The van der Waals surface area contributed by atoms with E-state index in [0.29, 0.717) is 30.8 Å². The highest BCUT2D eigenvalue weighted by molar-refractivity contribution is 14.0. The third-order valence-electron chi connectivity index (χ3n) is 4.87. The van der Waals surface area contributed by atoms with Gasteiger partial charge in [-0.05, 0) is 48.6 Å². The predicted molar refractivity (Wildman–Crippen MR) is 120 cm³/mol. The van der Waals surface area contributed by atoms with Crippen LogP contribution >= 0.6 is 35.6 Å². The highest BCUT2D eigenvalue weighted by atomic mass is 127. The molecule has 0 saturated heterocycles. The van der Waals surface area contributed by atoms with Crippen molar-refractivity contribution >= 4 is 47.2 Å². The number of nitrogens with zero attached hydrogens (tertiary/aromatic N) is 1. The number of anilines is 1. The molecule has 0 bridgehead atoms. The van der Waals surface area contributed by atoms with Crippen molar-refractivity contribution in [3.63, 3.8) is 0 Å². The number of nitrogens with two attached hydrogens (primary N) is 1. The summed E-state index contributed by atoms with van der Waals surface area (Å²) in [6.45, 7) is 1.29. The molecule has 1 heterocycles. The van der Waals surface area contributed by atoms with Crippen LogP contribution in [-0.2, 0) is 0 Å². The van der Waals surface area contributed by atoms with Gasteiger partial charge in [-0.3, -0.25) is 0 Å². The number of ether oxygens (including phenoxy) is 2. The molecule has 8 heteroatoms. The molecule has 1 fully saturated rings. The van der Waals surface area contributed by atoms with Crippen LogP contribution in [0.1, 0.15) is 30.7 Å². The van der Waals surface area contributed by atoms with E-state index in [9.17, 15) is 4.39 Å². The number of hydrogen-bond acceptors (Lipinski definition) is 3. The van der Waals surface area contributed by atoms with Crippen molar-refractivity contribution in [3.8, 4) is 11.5 Å². The zero-order valence-electron chi connectivity index (χ0n) is 15.2. The lowest BCUT2D eigenvalue weighted by Crippen LogP contribution is -2.31. The minimum absolute atomic E-state index is 0. The second-order valence-corrected chi connectivity index (χ2v) is 7.25. The largest absolute Gasteiger partial charge is 0.490 e. The summed E-state index contributed by atoms with van der Waals surface area (Å²) in [4.78, 5) is 4.53. The second kappa shape index (κ2) is 9.17. The van der Waals surface area contributed by atoms with Crippen LogP contribution in [0.2, 0.25) is 5.02 Å². The van der Waals surface area contributed by atoms with Gasteiger partial charge in [0.05, 0.1) is 24.3 Å². The summed E-state index contributed by atoms with van der Waals surface area (Å²) in [7, 11) is 0. The van der Waals surface area contributed by atoms with E-state index >= 15 is 0 Å². The number of aliphatic imine (C=N–C) groups is 1. The Bertz CT molecular complexity index is 875. The molecule has 28 heavy (non-hydrogen) atoms. The number of hydrogen-bond donors (Lipinski definition) is 2. The number of benzene rings is 2. The monoisotopic (exact) mass is 517 g/mol. The van der Waals surface area contributed by atoms with Gasteiger partial charge in [0.2, 0.25) is 0 Å². The maximum absolute atomic E-state index is 13.3. The average molecular weight is 518 g/mol. The van der Waals surface area contributed by atoms with Crippen molar-refractivity contribution < 1.29 is 13.9 Å². The van der Waals surface area contributed by atoms with E-state index in [1.54, 1.807) is 12.1 Å². The molecule has 2 aliphatic rings. The van der Waals surface area contributed by atoms with Gasteiger partial charge in [0.25, 0.3) is 0 Å². The smallest absolute Gasteiger partial charge is 0.193 e.